The zero-order valence-electron chi connectivity index (χ0n) is 20.0. The Morgan fingerprint density at radius 3 is 2.18 bits per heavy atom. The number of pyridine rings is 1. The molecule has 1 saturated heterocycles. The molecule has 3 rings (SSSR count). The molecule has 7 nitrogen and oxygen atoms in total. The van der Waals surface area contributed by atoms with E-state index in [9.17, 15) is 14.4 Å². The summed E-state index contributed by atoms with van der Waals surface area (Å²) in [6, 6.07) is 10.6. The number of rotatable bonds is 9. The van der Waals surface area contributed by atoms with Crippen LogP contribution in [0, 0.1) is 5.92 Å². The van der Waals surface area contributed by atoms with Gasteiger partial charge in [-0.2, -0.15) is 0 Å². The van der Waals surface area contributed by atoms with Crippen LogP contribution in [-0.4, -0.2) is 54.0 Å². The van der Waals surface area contributed by atoms with Crippen molar-refractivity contribution in [2.45, 2.75) is 46.1 Å². The smallest absolute Gasteiger partial charge is 0.256 e. The SMILES string of the molecule is CCNC(=O)c1cn(CC(C)C)cc(C(=O)NCCN2CCC(c3ccccc3)CC2)c1=O. The van der Waals surface area contributed by atoms with Crippen molar-refractivity contribution in [2.75, 3.05) is 32.7 Å². The maximum absolute atomic E-state index is 12.9. The van der Waals surface area contributed by atoms with Gasteiger partial charge < -0.3 is 20.1 Å². The number of hydrogen-bond acceptors (Lipinski definition) is 4. The van der Waals surface area contributed by atoms with Crippen molar-refractivity contribution in [3.63, 3.8) is 0 Å². The normalized spacial score (nSPS) is 14.9. The van der Waals surface area contributed by atoms with Crippen LogP contribution >= 0.6 is 0 Å². The van der Waals surface area contributed by atoms with E-state index < -0.39 is 17.2 Å². The number of benzene rings is 1. The van der Waals surface area contributed by atoms with Gasteiger partial charge in [-0.05, 0) is 50.3 Å². The highest BCUT2D eigenvalue weighted by atomic mass is 16.2. The van der Waals surface area contributed by atoms with Crippen LogP contribution in [0.5, 0.6) is 0 Å². The highest BCUT2D eigenvalue weighted by Gasteiger charge is 2.22. The fourth-order valence-corrected chi connectivity index (χ4v) is 4.38. The molecule has 178 valence electrons. The Labute approximate surface area is 196 Å². The summed E-state index contributed by atoms with van der Waals surface area (Å²) in [6.45, 7) is 10.1. The summed E-state index contributed by atoms with van der Waals surface area (Å²) < 4.78 is 1.76. The zero-order valence-corrected chi connectivity index (χ0v) is 20.0. The molecule has 1 aromatic carbocycles. The largest absolute Gasteiger partial charge is 0.352 e. The van der Waals surface area contributed by atoms with E-state index in [1.165, 1.54) is 5.56 Å². The van der Waals surface area contributed by atoms with Crippen LogP contribution in [0.25, 0.3) is 0 Å². The monoisotopic (exact) mass is 452 g/mol. The zero-order chi connectivity index (χ0) is 23.8. The van der Waals surface area contributed by atoms with E-state index in [1.807, 2.05) is 19.9 Å². The van der Waals surface area contributed by atoms with Crippen molar-refractivity contribution in [3.8, 4) is 0 Å². The Morgan fingerprint density at radius 2 is 1.61 bits per heavy atom. The maximum atomic E-state index is 12.9. The number of carbonyl (C=O) groups excluding carboxylic acids is 2. The molecule has 0 aliphatic carbocycles. The van der Waals surface area contributed by atoms with Crippen molar-refractivity contribution in [1.29, 1.82) is 0 Å². The summed E-state index contributed by atoms with van der Waals surface area (Å²) >= 11 is 0. The number of carbonyl (C=O) groups is 2. The Morgan fingerprint density at radius 1 is 1.00 bits per heavy atom. The lowest BCUT2D eigenvalue weighted by atomic mass is 9.89. The number of likely N-dealkylation sites (tertiary alicyclic amines) is 1. The van der Waals surface area contributed by atoms with E-state index >= 15 is 0 Å². The van der Waals surface area contributed by atoms with Gasteiger partial charge in [0.15, 0.2) is 0 Å². The molecular formula is C26H36N4O3. The van der Waals surface area contributed by atoms with E-state index in [4.69, 9.17) is 0 Å². The van der Waals surface area contributed by atoms with E-state index in [-0.39, 0.29) is 11.1 Å². The van der Waals surface area contributed by atoms with Gasteiger partial charge in [-0.3, -0.25) is 14.4 Å². The number of hydrogen-bond donors (Lipinski definition) is 2. The minimum atomic E-state index is -0.526. The molecule has 7 heteroatoms. The van der Waals surface area contributed by atoms with Crippen LogP contribution in [0.1, 0.15) is 65.8 Å². The first-order chi connectivity index (χ1) is 15.9. The molecule has 33 heavy (non-hydrogen) atoms. The summed E-state index contributed by atoms with van der Waals surface area (Å²) in [5.74, 6) is 0.0246. The van der Waals surface area contributed by atoms with Crippen LogP contribution in [0.2, 0.25) is 0 Å². The lowest BCUT2D eigenvalue weighted by Crippen LogP contribution is -2.41. The van der Waals surface area contributed by atoms with Crippen LogP contribution < -0.4 is 16.1 Å². The maximum Gasteiger partial charge on any atom is 0.256 e. The summed E-state index contributed by atoms with van der Waals surface area (Å²) in [7, 11) is 0. The Bertz CT molecular complexity index is 992. The van der Waals surface area contributed by atoms with Crippen molar-refractivity contribution < 1.29 is 9.59 Å². The highest BCUT2D eigenvalue weighted by molar-refractivity contribution is 5.99. The van der Waals surface area contributed by atoms with Crippen LogP contribution in [0.4, 0.5) is 0 Å². The van der Waals surface area contributed by atoms with E-state index in [1.54, 1.807) is 23.9 Å². The lowest BCUT2D eigenvalue weighted by molar-refractivity contribution is 0.0943. The van der Waals surface area contributed by atoms with Gasteiger partial charge in [0.1, 0.15) is 11.1 Å². The number of aromatic nitrogens is 1. The predicted octanol–water partition coefficient (Wildman–Crippen LogP) is 2.86. The molecule has 2 amide bonds. The van der Waals surface area contributed by atoms with Crippen LogP contribution in [-0.2, 0) is 6.54 Å². The predicted molar refractivity (Wildman–Crippen MR) is 131 cm³/mol. The third-order valence-electron chi connectivity index (χ3n) is 6.05. The fourth-order valence-electron chi connectivity index (χ4n) is 4.38. The second kappa shape index (κ2) is 11.8. The first kappa shape index (κ1) is 24.7. The van der Waals surface area contributed by atoms with Crippen molar-refractivity contribution in [3.05, 3.63) is 69.6 Å². The number of nitrogens with zero attached hydrogens (tertiary/aromatic N) is 2. The summed E-state index contributed by atoms with van der Waals surface area (Å²) in [5.41, 5.74) is 0.896. The molecule has 0 radical (unpaired) electrons. The average Bonchev–Trinajstić information content (AvgIpc) is 2.81. The second-order valence-electron chi connectivity index (χ2n) is 9.15. The molecule has 1 aliphatic rings. The lowest BCUT2D eigenvalue weighted by Gasteiger charge is -2.32. The molecule has 0 unspecified atom stereocenters. The minimum Gasteiger partial charge on any atom is -0.352 e. The first-order valence-electron chi connectivity index (χ1n) is 12.0. The van der Waals surface area contributed by atoms with Gasteiger partial charge >= 0.3 is 0 Å². The molecule has 1 aliphatic heterocycles. The number of piperidine rings is 1. The Kier molecular flexibility index (Phi) is 8.83. The van der Waals surface area contributed by atoms with Crippen LogP contribution in [0.3, 0.4) is 0 Å². The van der Waals surface area contributed by atoms with Crippen molar-refractivity contribution in [1.82, 2.24) is 20.1 Å². The molecule has 2 N–H and O–H groups in total. The summed E-state index contributed by atoms with van der Waals surface area (Å²) in [6.07, 6.45) is 5.31. The van der Waals surface area contributed by atoms with E-state index in [0.717, 1.165) is 32.5 Å². The molecular weight excluding hydrogens is 416 g/mol. The minimum absolute atomic E-state index is 0.00753. The third kappa shape index (κ3) is 6.78. The molecule has 1 fully saturated rings. The topological polar surface area (TPSA) is 83.4 Å². The number of nitrogens with one attached hydrogen (secondary N) is 2. The van der Waals surface area contributed by atoms with Gasteiger partial charge in [-0.1, -0.05) is 44.2 Å². The quantitative estimate of drug-likeness (QED) is 0.613. The Hall–Kier alpha value is -2.93. The molecule has 2 heterocycles. The van der Waals surface area contributed by atoms with Gasteiger partial charge in [-0.15, -0.1) is 0 Å². The van der Waals surface area contributed by atoms with Gasteiger partial charge in [-0.25, -0.2) is 0 Å². The molecule has 0 spiro atoms. The highest BCUT2D eigenvalue weighted by Crippen LogP contribution is 2.27. The van der Waals surface area contributed by atoms with Crippen LogP contribution in [0.15, 0.2) is 47.5 Å². The van der Waals surface area contributed by atoms with E-state index in [2.05, 4.69) is 39.8 Å². The molecule has 0 atom stereocenters. The van der Waals surface area contributed by atoms with Crippen molar-refractivity contribution in [2.24, 2.45) is 5.92 Å². The van der Waals surface area contributed by atoms with E-state index in [0.29, 0.717) is 31.5 Å². The standard InChI is InChI=1S/C26H36N4O3/c1-4-27-25(32)22-17-30(16-19(2)3)18-23(24(22)31)26(33)28-12-15-29-13-10-21(11-14-29)20-8-6-5-7-9-20/h5-9,17-19,21H,4,10-16H2,1-3H3,(H,27,32)(H,28,33). The van der Waals surface area contributed by atoms with Gasteiger partial charge in [0.05, 0.1) is 0 Å². The van der Waals surface area contributed by atoms with Gasteiger partial charge in [0.2, 0.25) is 5.43 Å². The molecule has 0 bridgehead atoms. The van der Waals surface area contributed by atoms with Crippen molar-refractivity contribution >= 4 is 11.8 Å². The molecule has 1 aromatic heterocycles. The number of amides is 2. The van der Waals surface area contributed by atoms with Gasteiger partial charge in [0.25, 0.3) is 11.8 Å². The second-order valence-corrected chi connectivity index (χ2v) is 9.15. The molecule has 2 aromatic rings. The van der Waals surface area contributed by atoms with Gasteiger partial charge in [0, 0.05) is 38.6 Å². The summed E-state index contributed by atoms with van der Waals surface area (Å²) in [5, 5.41) is 5.54. The average molecular weight is 453 g/mol. The fraction of sp³-hybridized carbons (Fsp3) is 0.500. The molecule has 0 saturated carbocycles. The first-order valence-corrected chi connectivity index (χ1v) is 12.0. The summed E-state index contributed by atoms with van der Waals surface area (Å²) in [4.78, 5) is 40.4. The Balaban J connectivity index is 1.59. The third-order valence-corrected chi connectivity index (χ3v) is 6.05.